The number of carbonyl (C=O) groups excluding carboxylic acids is 2. The van der Waals surface area contributed by atoms with Gasteiger partial charge < -0.3 is 16.0 Å². The van der Waals surface area contributed by atoms with Gasteiger partial charge in [-0.1, -0.05) is 68.7 Å². The molecule has 1 atom stereocenters. The zero-order chi connectivity index (χ0) is 20.0. The van der Waals surface area contributed by atoms with Crippen LogP contribution in [0, 0.1) is 5.92 Å². The number of carbonyl (C=O) groups is 2. The molecule has 28 heavy (non-hydrogen) atoms. The van der Waals surface area contributed by atoms with Crippen LogP contribution in [-0.2, 0) is 11.2 Å². The van der Waals surface area contributed by atoms with Gasteiger partial charge in [-0.3, -0.25) is 4.79 Å². The molecule has 2 aromatic rings. The zero-order valence-electron chi connectivity index (χ0n) is 16.9. The summed E-state index contributed by atoms with van der Waals surface area (Å²) in [5.41, 5.74) is 0.526. The molecule has 0 saturated heterocycles. The van der Waals surface area contributed by atoms with E-state index in [-0.39, 0.29) is 11.9 Å². The second-order valence-corrected chi connectivity index (χ2v) is 8.00. The van der Waals surface area contributed by atoms with Crippen molar-refractivity contribution in [1.29, 1.82) is 0 Å². The van der Waals surface area contributed by atoms with Crippen LogP contribution in [0.3, 0.4) is 0 Å². The van der Waals surface area contributed by atoms with Crippen LogP contribution in [0.1, 0.15) is 44.6 Å². The van der Waals surface area contributed by atoms with Crippen molar-refractivity contribution in [2.75, 3.05) is 13.6 Å². The number of nitrogens with one attached hydrogen (secondary N) is 3. The lowest BCUT2D eigenvalue weighted by Gasteiger charge is -2.36. The molecule has 0 unspecified atom stereocenters. The second kappa shape index (κ2) is 9.09. The van der Waals surface area contributed by atoms with Gasteiger partial charge in [0.1, 0.15) is 5.54 Å². The van der Waals surface area contributed by atoms with Crippen LogP contribution in [0.25, 0.3) is 10.8 Å². The SMILES string of the molecule is CNC(=O)C1(NC(=O)NC[C@H](C)Cc2cccc3ccccc23)CCCCC1. The molecule has 0 heterocycles. The average molecular weight is 382 g/mol. The summed E-state index contributed by atoms with van der Waals surface area (Å²) in [6, 6.07) is 14.5. The van der Waals surface area contributed by atoms with Crippen molar-refractivity contribution in [3.05, 3.63) is 48.0 Å². The molecule has 3 amide bonds. The number of rotatable bonds is 6. The first-order chi connectivity index (χ1) is 13.5. The molecule has 150 valence electrons. The summed E-state index contributed by atoms with van der Waals surface area (Å²) in [5.74, 6) is 0.199. The van der Waals surface area contributed by atoms with Gasteiger partial charge >= 0.3 is 6.03 Å². The van der Waals surface area contributed by atoms with E-state index in [1.165, 1.54) is 16.3 Å². The highest BCUT2D eigenvalue weighted by Crippen LogP contribution is 2.28. The Morgan fingerprint density at radius 3 is 2.50 bits per heavy atom. The third kappa shape index (κ3) is 4.64. The molecular formula is C23H31N3O2. The molecule has 1 aliphatic rings. The number of likely N-dealkylation sites (N-methyl/N-ethyl adjacent to an activating group) is 1. The van der Waals surface area contributed by atoms with Gasteiger partial charge in [-0.2, -0.15) is 0 Å². The summed E-state index contributed by atoms with van der Waals surface area (Å²) >= 11 is 0. The zero-order valence-corrected chi connectivity index (χ0v) is 16.9. The fraction of sp³-hybridized carbons (Fsp3) is 0.478. The minimum Gasteiger partial charge on any atom is -0.357 e. The maximum Gasteiger partial charge on any atom is 0.315 e. The Kier molecular flexibility index (Phi) is 6.55. The maximum atomic E-state index is 12.5. The summed E-state index contributed by atoms with van der Waals surface area (Å²) in [6.45, 7) is 2.70. The fourth-order valence-electron chi connectivity index (χ4n) is 4.25. The van der Waals surface area contributed by atoms with E-state index in [0.717, 1.165) is 25.7 Å². The Bertz CT molecular complexity index is 822. The average Bonchev–Trinajstić information content (AvgIpc) is 2.72. The molecule has 1 aliphatic carbocycles. The standard InChI is InChI=1S/C23H31N3O2/c1-17(15-19-11-8-10-18-9-4-5-12-20(18)19)16-25-22(28)26-23(21(27)24-2)13-6-3-7-14-23/h4-5,8-12,17H,3,6-7,13-16H2,1-2H3,(H,24,27)(H2,25,26,28)/t17-/m1/s1. The molecule has 1 fully saturated rings. The van der Waals surface area contributed by atoms with Crippen molar-refractivity contribution >= 4 is 22.7 Å². The molecule has 1 saturated carbocycles. The van der Waals surface area contributed by atoms with Crippen molar-refractivity contribution in [2.24, 2.45) is 5.92 Å². The van der Waals surface area contributed by atoms with Gasteiger partial charge in [-0.15, -0.1) is 0 Å². The van der Waals surface area contributed by atoms with Crippen LogP contribution in [-0.4, -0.2) is 31.1 Å². The van der Waals surface area contributed by atoms with Crippen LogP contribution in [0.2, 0.25) is 0 Å². The molecule has 5 heteroatoms. The Hall–Kier alpha value is -2.56. The van der Waals surface area contributed by atoms with Crippen molar-refractivity contribution in [2.45, 2.75) is 51.0 Å². The van der Waals surface area contributed by atoms with Gasteiger partial charge in [0, 0.05) is 13.6 Å². The Balaban J connectivity index is 1.57. The molecule has 3 N–H and O–H groups in total. The number of benzene rings is 2. The Morgan fingerprint density at radius 2 is 1.75 bits per heavy atom. The van der Waals surface area contributed by atoms with Gasteiger partial charge in [-0.25, -0.2) is 4.79 Å². The molecule has 5 nitrogen and oxygen atoms in total. The van der Waals surface area contributed by atoms with E-state index in [0.29, 0.717) is 25.3 Å². The molecule has 0 radical (unpaired) electrons. The Morgan fingerprint density at radius 1 is 1.04 bits per heavy atom. The van der Waals surface area contributed by atoms with Crippen LogP contribution in [0.15, 0.2) is 42.5 Å². The third-order valence-electron chi connectivity index (χ3n) is 5.78. The molecule has 0 aliphatic heterocycles. The molecular weight excluding hydrogens is 350 g/mol. The van der Waals surface area contributed by atoms with Crippen LogP contribution < -0.4 is 16.0 Å². The lowest BCUT2D eigenvalue weighted by atomic mass is 9.81. The number of urea groups is 1. The van der Waals surface area contributed by atoms with Crippen LogP contribution in [0.4, 0.5) is 4.79 Å². The third-order valence-corrected chi connectivity index (χ3v) is 5.78. The first-order valence-corrected chi connectivity index (χ1v) is 10.3. The van der Waals surface area contributed by atoms with Crippen LogP contribution >= 0.6 is 0 Å². The normalized spacial score (nSPS) is 16.9. The summed E-state index contributed by atoms with van der Waals surface area (Å²) in [7, 11) is 1.63. The smallest absolute Gasteiger partial charge is 0.315 e. The molecule has 0 spiro atoms. The molecule has 0 bridgehead atoms. The number of amides is 3. The lowest BCUT2D eigenvalue weighted by Crippen LogP contribution is -2.61. The van der Waals surface area contributed by atoms with E-state index in [9.17, 15) is 9.59 Å². The van der Waals surface area contributed by atoms with Gasteiger partial charge in [0.05, 0.1) is 0 Å². The summed E-state index contributed by atoms with van der Waals surface area (Å²) in [6.07, 6.45) is 5.33. The molecule has 3 rings (SSSR count). The fourth-order valence-corrected chi connectivity index (χ4v) is 4.25. The monoisotopic (exact) mass is 381 g/mol. The first kappa shape index (κ1) is 20.2. The summed E-state index contributed by atoms with van der Waals surface area (Å²) < 4.78 is 0. The number of hydrogen-bond acceptors (Lipinski definition) is 2. The van der Waals surface area contributed by atoms with Crippen LogP contribution in [0.5, 0.6) is 0 Å². The minimum absolute atomic E-state index is 0.0915. The minimum atomic E-state index is -0.768. The highest BCUT2D eigenvalue weighted by molar-refractivity contribution is 5.91. The van der Waals surface area contributed by atoms with E-state index in [1.807, 2.05) is 0 Å². The number of hydrogen-bond donors (Lipinski definition) is 3. The quantitative estimate of drug-likeness (QED) is 0.713. The van der Waals surface area contributed by atoms with Crippen molar-refractivity contribution in [3.63, 3.8) is 0 Å². The van der Waals surface area contributed by atoms with Crippen molar-refractivity contribution < 1.29 is 9.59 Å². The topological polar surface area (TPSA) is 70.2 Å². The summed E-state index contributed by atoms with van der Waals surface area (Å²) in [5, 5.41) is 11.2. The molecule has 2 aromatic carbocycles. The van der Waals surface area contributed by atoms with E-state index < -0.39 is 5.54 Å². The highest BCUT2D eigenvalue weighted by atomic mass is 16.2. The predicted octanol–water partition coefficient (Wildman–Crippen LogP) is 3.77. The second-order valence-electron chi connectivity index (χ2n) is 8.00. The highest BCUT2D eigenvalue weighted by Gasteiger charge is 2.40. The van der Waals surface area contributed by atoms with E-state index in [4.69, 9.17) is 0 Å². The lowest BCUT2D eigenvalue weighted by molar-refractivity contribution is -0.128. The van der Waals surface area contributed by atoms with Gasteiger partial charge in [-0.05, 0) is 41.5 Å². The summed E-state index contributed by atoms with van der Waals surface area (Å²) in [4.78, 5) is 24.9. The van der Waals surface area contributed by atoms with Gasteiger partial charge in [0.15, 0.2) is 0 Å². The van der Waals surface area contributed by atoms with Gasteiger partial charge in [0.25, 0.3) is 0 Å². The number of fused-ring (bicyclic) bond motifs is 1. The maximum absolute atomic E-state index is 12.5. The Labute approximate surface area is 167 Å². The van der Waals surface area contributed by atoms with Crippen molar-refractivity contribution in [3.8, 4) is 0 Å². The predicted molar refractivity (Wildman–Crippen MR) is 113 cm³/mol. The van der Waals surface area contributed by atoms with E-state index >= 15 is 0 Å². The van der Waals surface area contributed by atoms with E-state index in [1.54, 1.807) is 7.05 Å². The molecule has 0 aromatic heterocycles. The van der Waals surface area contributed by atoms with E-state index in [2.05, 4.69) is 65.3 Å². The van der Waals surface area contributed by atoms with Gasteiger partial charge in [0.2, 0.25) is 5.91 Å². The largest absolute Gasteiger partial charge is 0.357 e. The van der Waals surface area contributed by atoms with Crippen molar-refractivity contribution in [1.82, 2.24) is 16.0 Å². The first-order valence-electron chi connectivity index (χ1n) is 10.3.